The number of amides is 1. The first kappa shape index (κ1) is 22.2. The molecule has 0 saturated heterocycles. The molecule has 164 valence electrons. The molecule has 0 radical (unpaired) electrons. The van der Waals surface area contributed by atoms with Gasteiger partial charge in [0, 0.05) is 17.8 Å². The lowest BCUT2D eigenvalue weighted by Gasteiger charge is -2.09. The van der Waals surface area contributed by atoms with E-state index in [9.17, 15) is 31.9 Å². The first-order valence-electron chi connectivity index (χ1n) is 8.65. The highest BCUT2D eigenvalue weighted by Crippen LogP contribution is 2.28. The quantitative estimate of drug-likeness (QED) is 0.544. The van der Waals surface area contributed by atoms with Crippen LogP contribution in [0.2, 0.25) is 0 Å². The number of rotatable bonds is 7. The number of alkyl halides is 3. The molecule has 31 heavy (non-hydrogen) atoms. The highest BCUT2D eigenvalue weighted by molar-refractivity contribution is 5.93. The number of carbonyl (C=O) groups excluding carboxylic acids is 1. The van der Waals surface area contributed by atoms with Gasteiger partial charge in [-0.1, -0.05) is 5.16 Å². The average Bonchev–Trinajstić information content (AvgIpc) is 3.15. The van der Waals surface area contributed by atoms with Crippen molar-refractivity contribution in [2.75, 3.05) is 6.54 Å². The lowest BCUT2D eigenvalue weighted by atomic mass is 10.1. The van der Waals surface area contributed by atoms with Gasteiger partial charge in [-0.3, -0.25) is 4.79 Å². The van der Waals surface area contributed by atoms with E-state index in [1.807, 2.05) is 0 Å². The maximum atomic E-state index is 13.5. The van der Waals surface area contributed by atoms with E-state index >= 15 is 0 Å². The van der Waals surface area contributed by atoms with Crippen LogP contribution in [0.15, 0.2) is 41.1 Å². The number of carbonyl (C=O) groups is 1. The second-order valence-electron chi connectivity index (χ2n) is 6.19. The van der Waals surface area contributed by atoms with E-state index in [0.717, 1.165) is 18.3 Å². The summed E-state index contributed by atoms with van der Waals surface area (Å²) in [6, 6.07) is 5.56. The van der Waals surface area contributed by atoms with Crippen LogP contribution in [0.1, 0.15) is 21.7 Å². The van der Waals surface area contributed by atoms with Gasteiger partial charge in [-0.15, -0.1) is 0 Å². The van der Waals surface area contributed by atoms with Crippen LogP contribution in [0.25, 0.3) is 11.3 Å². The van der Waals surface area contributed by atoms with Crippen molar-refractivity contribution < 1.29 is 41.1 Å². The molecule has 0 spiro atoms. The lowest BCUT2D eigenvalue weighted by molar-refractivity contribution is -0.123. The summed E-state index contributed by atoms with van der Waals surface area (Å²) >= 11 is 0. The van der Waals surface area contributed by atoms with Crippen molar-refractivity contribution in [1.82, 2.24) is 15.5 Å². The number of nitrogens with zero attached hydrogens (tertiary/aromatic N) is 2. The molecule has 3 rings (SSSR count). The molecule has 0 saturated carbocycles. The second-order valence-corrected chi connectivity index (χ2v) is 6.19. The Morgan fingerprint density at radius 1 is 1.16 bits per heavy atom. The van der Waals surface area contributed by atoms with Crippen molar-refractivity contribution in [3.63, 3.8) is 0 Å². The molecule has 1 amide bonds. The first-order chi connectivity index (χ1) is 14.7. The number of aliphatic hydroxyl groups excluding tert-OH is 1. The minimum atomic E-state index is -4.54. The number of aromatic nitrogens is 2. The molecule has 3 aromatic rings. The van der Waals surface area contributed by atoms with E-state index in [1.54, 1.807) is 5.32 Å². The molecule has 2 heterocycles. The minimum Gasteiger partial charge on any atom is -0.473 e. The van der Waals surface area contributed by atoms with Gasteiger partial charge in [0.2, 0.25) is 5.88 Å². The molecule has 7 nitrogen and oxygen atoms in total. The van der Waals surface area contributed by atoms with E-state index < -0.39 is 36.9 Å². The fourth-order valence-corrected chi connectivity index (χ4v) is 2.52. The van der Waals surface area contributed by atoms with E-state index in [-0.39, 0.29) is 40.6 Å². The van der Waals surface area contributed by atoms with Crippen LogP contribution >= 0.6 is 0 Å². The monoisotopic (exact) mass is 443 g/mol. The van der Waals surface area contributed by atoms with Crippen molar-refractivity contribution in [2.24, 2.45) is 0 Å². The Hall–Kier alpha value is -3.54. The van der Waals surface area contributed by atoms with E-state index in [1.165, 1.54) is 18.2 Å². The van der Waals surface area contributed by atoms with Gasteiger partial charge in [-0.2, -0.15) is 13.2 Å². The van der Waals surface area contributed by atoms with Gasteiger partial charge in [0.1, 0.15) is 25.5 Å². The molecule has 2 N–H and O–H groups in total. The molecular formula is C19H14F5N3O4. The van der Waals surface area contributed by atoms with Crippen molar-refractivity contribution in [3.8, 4) is 17.1 Å². The molecule has 2 aromatic heterocycles. The fourth-order valence-electron chi connectivity index (χ4n) is 2.52. The minimum absolute atomic E-state index is 0.00805. The molecule has 12 heteroatoms. The van der Waals surface area contributed by atoms with Crippen LogP contribution in [0.3, 0.4) is 0 Å². The molecule has 0 aliphatic heterocycles. The van der Waals surface area contributed by atoms with E-state index in [2.05, 4.69) is 10.1 Å². The summed E-state index contributed by atoms with van der Waals surface area (Å²) in [7, 11) is 0. The first-order valence-corrected chi connectivity index (χ1v) is 8.65. The number of hydrogen-bond acceptors (Lipinski definition) is 6. The Balaban J connectivity index is 1.72. The lowest BCUT2D eigenvalue weighted by Crippen LogP contribution is -2.33. The normalized spacial score (nSPS) is 11.4. The maximum Gasteiger partial charge on any atom is 0.405 e. The van der Waals surface area contributed by atoms with Gasteiger partial charge >= 0.3 is 6.18 Å². The molecule has 0 fully saturated rings. The van der Waals surface area contributed by atoms with Gasteiger partial charge in [-0.25, -0.2) is 13.8 Å². The highest BCUT2D eigenvalue weighted by Gasteiger charge is 2.28. The number of benzene rings is 1. The zero-order valence-corrected chi connectivity index (χ0v) is 15.5. The molecular weight excluding hydrogens is 429 g/mol. The molecule has 0 atom stereocenters. The van der Waals surface area contributed by atoms with Crippen molar-refractivity contribution >= 4 is 5.91 Å². The Morgan fingerprint density at radius 3 is 2.55 bits per heavy atom. The third-order valence-electron chi connectivity index (χ3n) is 4.02. The van der Waals surface area contributed by atoms with Crippen LogP contribution in [0.4, 0.5) is 22.0 Å². The second kappa shape index (κ2) is 9.08. The molecule has 0 aliphatic carbocycles. The number of nitrogens with one attached hydrogen (secondary N) is 1. The molecule has 1 aromatic carbocycles. The van der Waals surface area contributed by atoms with Crippen molar-refractivity contribution in [1.29, 1.82) is 0 Å². The van der Waals surface area contributed by atoms with Crippen LogP contribution in [-0.2, 0) is 13.2 Å². The Morgan fingerprint density at radius 2 is 1.94 bits per heavy atom. The van der Waals surface area contributed by atoms with Gasteiger partial charge in [0.05, 0.1) is 11.1 Å². The number of pyridine rings is 1. The smallest absolute Gasteiger partial charge is 0.405 e. The summed E-state index contributed by atoms with van der Waals surface area (Å²) in [5.41, 5.74) is 0.444. The Labute approximate surface area is 171 Å². The van der Waals surface area contributed by atoms with E-state index in [0.29, 0.717) is 0 Å². The summed E-state index contributed by atoms with van der Waals surface area (Å²) < 4.78 is 73.7. The maximum absolute atomic E-state index is 13.5. The third kappa shape index (κ3) is 5.54. The fraction of sp³-hybridized carbons (Fsp3) is 0.211. The summed E-state index contributed by atoms with van der Waals surface area (Å²) in [5, 5.41) is 14.9. The van der Waals surface area contributed by atoms with Crippen LogP contribution in [0, 0.1) is 11.6 Å². The zero-order valence-electron chi connectivity index (χ0n) is 15.5. The van der Waals surface area contributed by atoms with Crippen LogP contribution < -0.4 is 10.1 Å². The largest absolute Gasteiger partial charge is 0.473 e. The summed E-state index contributed by atoms with van der Waals surface area (Å²) in [4.78, 5) is 15.5. The third-order valence-corrected chi connectivity index (χ3v) is 4.02. The number of aliphatic hydroxyl groups is 1. The van der Waals surface area contributed by atoms with Gasteiger partial charge < -0.3 is 19.7 Å². The zero-order chi connectivity index (χ0) is 22.6. The number of halogens is 5. The van der Waals surface area contributed by atoms with Gasteiger partial charge in [0.15, 0.2) is 17.4 Å². The SMILES string of the molecule is O=C(NCC(F)(F)F)c1ccc(OCc2c(-c3ccc(F)c(F)c3)noc2CO)nc1. The topological polar surface area (TPSA) is 97.5 Å². The molecule has 0 aliphatic rings. The summed E-state index contributed by atoms with van der Waals surface area (Å²) in [6.45, 7) is -2.25. The summed E-state index contributed by atoms with van der Waals surface area (Å²) in [6.07, 6.45) is -3.52. The molecule has 0 unspecified atom stereocenters. The predicted molar refractivity (Wildman–Crippen MR) is 94.7 cm³/mol. The highest BCUT2D eigenvalue weighted by atomic mass is 19.4. The van der Waals surface area contributed by atoms with Gasteiger partial charge in [-0.05, 0) is 24.3 Å². The molecule has 0 bridgehead atoms. The Kier molecular flexibility index (Phi) is 6.49. The average molecular weight is 443 g/mol. The standard InChI is InChI=1S/C19H14F5N3O4/c20-13-3-1-10(5-14(13)21)17-12(15(7-28)31-27-17)8-30-16-4-2-11(6-25-16)18(29)26-9-19(22,23)24/h1-6,28H,7-9H2,(H,26,29). The van der Waals surface area contributed by atoms with Crippen molar-refractivity contribution in [3.05, 3.63) is 65.1 Å². The van der Waals surface area contributed by atoms with E-state index in [4.69, 9.17) is 9.26 Å². The predicted octanol–water partition coefficient (Wildman–Crippen LogP) is 3.38. The number of hydrogen-bond donors (Lipinski definition) is 2. The van der Waals surface area contributed by atoms with Crippen LogP contribution in [-0.4, -0.2) is 33.9 Å². The summed E-state index contributed by atoms with van der Waals surface area (Å²) in [5.74, 6) is -3.06. The van der Waals surface area contributed by atoms with Crippen LogP contribution in [0.5, 0.6) is 5.88 Å². The van der Waals surface area contributed by atoms with Gasteiger partial charge in [0.25, 0.3) is 5.91 Å². The Bertz CT molecular complexity index is 1070. The van der Waals surface area contributed by atoms with Crippen molar-refractivity contribution in [2.45, 2.75) is 19.4 Å². The number of ether oxygens (including phenoxy) is 1.